The highest BCUT2D eigenvalue weighted by Gasteiger charge is 2.14. The van der Waals surface area contributed by atoms with Crippen molar-refractivity contribution in [1.82, 2.24) is 9.78 Å². The summed E-state index contributed by atoms with van der Waals surface area (Å²) in [6, 6.07) is 1.93. The summed E-state index contributed by atoms with van der Waals surface area (Å²) >= 11 is 8.54. The number of nitrogens with zero attached hydrogens (tertiary/aromatic N) is 2. The smallest absolute Gasteiger partial charge is 0.0843 e. The van der Waals surface area contributed by atoms with E-state index in [-0.39, 0.29) is 6.04 Å². The van der Waals surface area contributed by atoms with Gasteiger partial charge >= 0.3 is 0 Å². The Labute approximate surface area is 109 Å². The van der Waals surface area contributed by atoms with Gasteiger partial charge in [0.05, 0.1) is 16.0 Å². The van der Waals surface area contributed by atoms with E-state index in [1.165, 1.54) is 0 Å². The van der Waals surface area contributed by atoms with Crippen molar-refractivity contribution in [3.63, 3.8) is 0 Å². The van der Waals surface area contributed by atoms with Crippen LogP contribution in [0.5, 0.6) is 0 Å². The number of nitrogens with two attached hydrogens (primary N) is 1. The molecule has 2 aromatic heterocycles. The number of aromatic nitrogens is 2. The number of hydrogen-bond donors (Lipinski definition) is 1. The van der Waals surface area contributed by atoms with Crippen LogP contribution in [0.25, 0.3) is 0 Å². The summed E-state index contributed by atoms with van der Waals surface area (Å²) in [6.45, 7) is 0. The van der Waals surface area contributed by atoms with Gasteiger partial charge in [-0.1, -0.05) is 0 Å². The Bertz CT molecular complexity index is 458. The zero-order valence-corrected chi connectivity index (χ0v) is 11.9. The molecule has 80 valence electrons. The fourth-order valence-electron chi connectivity index (χ4n) is 1.28. The first-order chi connectivity index (χ1) is 7.08. The molecule has 0 radical (unpaired) electrons. The molecule has 0 aromatic carbocycles. The second-order valence-corrected chi connectivity index (χ2v) is 6.45. The summed E-state index contributed by atoms with van der Waals surface area (Å²) in [5.41, 5.74) is 7.15. The van der Waals surface area contributed by atoms with Crippen LogP contribution in [0.3, 0.4) is 0 Å². The lowest BCUT2D eigenvalue weighted by Gasteiger charge is -2.05. The molecule has 0 saturated heterocycles. The molecule has 0 amide bonds. The molecule has 2 aromatic rings. The Morgan fingerprint density at radius 1 is 1.53 bits per heavy atom. The normalized spacial score (nSPS) is 13.1. The topological polar surface area (TPSA) is 43.8 Å². The molecule has 3 nitrogen and oxygen atoms in total. The Morgan fingerprint density at radius 2 is 2.27 bits per heavy atom. The van der Waals surface area contributed by atoms with Gasteiger partial charge in [0.2, 0.25) is 0 Å². The summed E-state index contributed by atoms with van der Waals surface area (Å²) in [5.74, 6) is 0. The molecule has 0 spiro atoms. The lowest BCUT2D eigenvalue weighted by molar-refractivity contribution is 0.765. The first kappa shape index (κ1) is 11.3. The van der Waals surface area contributed by atoms with Crippen LogP contribution >= 0.6 is 43.2 Å². The molecule has 0 bridgehead atoms. The van der Waals surface area contributed by atoms with E-state index < -0.39 is 0 Å². The van der Waals surface area contributed by atoms with Crippen molar-refractivity contribution in [2.45, 2.75) is 6.04 Å². The molecule has 6 heteroatoms. The maximum absolute atomic E-state index is 6.13. The van der Waals surface area contributed by atoms with Crippen LogP contribution in [0.15, 0.2) is 26.7 Å². The summed E-state index contributed by atoms with van der Waals surface area (Å²) in [4.78, 5) is 1.11. The van der Waals surface area contributed by atoms with Gasteiger partial charge in [-0.2, -0.15) is 5.10 Å². The second kappa shape index (κ2) is 4.37. The first-order valence-corrected chi connectivity index (χ1v) is 6.67. The van der Waals surface area contributed by atoms with Crippen LogP contribution in [0.2, 0.25) is 0 Å². The average molecular weight is 351 g/mol. The van der Waals surface area contributed by atoms with Gasteiger partial charge in [0.1, 0.15) is 0 Å². The highest BCUT2D eigenvalue weighted by molar-refractivity contribution is 9.13. The second-order valence-electron chi connectivity index (χ2n) is 3.20. The quantitative estimate of drug-likeness (QED) is 0.904. The van der Waals surface area contributed by atoms with Gasteiger partial charge < -0.3 is 5.73 Å². The third-order valence-corrected chi connectivity index (χ3v) is 5.39. The minimum Gasteiger partial charge on any atom is -0.320 e. The molecule has 1 unspecified atom stereocenters. The summed E-state index contributed by atoms with van der Waals surface area (Å²) in [5, 5.41) is 4.11. The number of thiophene rings is 1. The van der Waals surface area contributed by atoms with Gasteiger partial charge in [-0.3, -0.25) is 4.68 Å². The van der Waals surface area contributed by atoms with Gasteiger partial charge in [-0.25, -0.2) is 0 Å². The molecular formula is C9H9Br2N3S. The molecule has 0 saturated carbocycles. The van der Waals surface area contributed by atoms with Gasteiger partial charge in [-0.05, 0) is 37.9 Å². The van der Waals surface area contributed by atoms with Gasteiger partial charge in [0.15, 0.2) is 0 Å². The van der Waals surface area contributed by atoms with Crippen LogP contribution in [-0.4, -0.2) is 9.78 Å². The monoisotopic (exact) mass is 349 g/mol. The van der Waals surface area contributed by atoms with Crippen molar-refractivity contribution in [3.8, 4) is 0 Å². The van der Waals surface area contributed by atoms with Gasteiger partial charge in [0, 0.05) is 28.2 Å². The standard InChI is InChI=1S/C9H9Br2N3S/c1-14-4-5(3-13-14)8(12)7-2-6(10)9(11)15-7/h2-4,8H,12H2,1H3. The molecule has 0 aliphatic carbocycles. The predicted octanol–water partition coefficient (Wildman–Crippen LogP) is 3.05. The fourth-order valence-corrected chi connectivity index (χ4v) is 3.40. The van der Waals surface area contributed by atoms with E-state index in [0.717, 1.165) is 18.7 Å². The first-order valence-electron chi connectivity index (χ1n) is 4.27. The SMILES string of the molecule is Cn1cc(C(N)c2cc(Br)c(Br)s2)cn1. The van der Waals surface area contributed by atoms with E-state index in [4.69, 9.17) is 5.73 Å². The highest BCUT2D eigenvalue weighted by atomic mass is 79.9. The van der Waals surface area contributed by atoms with Crippen molar-refractivity contribution in [1.29, 1.82) is 0 Å². The number of aryl methyl sites for hydroxylation is 1. The summed E-state index contributed by atoms with van der Waals surface area (Å²) in [6.07, 6.45) is 3.73. The third-order valence-electron chi connectivity index (χ3n) is 2.05. The van der Waals surface area contributed by atoms with Crippen LogP contribution in [0, 0.1) is 0 Å². The van der Waals surface area contributed by atoms with Crippen LogP contribution in [0.4, 0.5) is 0 Å². The molecule has 2 heterocycles. The highest BCUT2D eigenvalue weighted by Crippen LogP contribution is 2.36. The average Bonchev–Trinajstić information content (AvgIpc) is 2.74. The van der Waals surface area contributed by atoms with Crippen molar-refractivity contribution in [2.75, 3.05) is 0 Å². The molecule has 1 atom stereocenters. The van der Waals surface area contributed by atoms with Gasteiger partial charge in [0.25, 0.3) is 0 Å². The Balaban J connectivity index is 2.31. The van der Waals surface area contributed by atoms with E-state index in [1.807, 2.05) is 19.3 Å². The fraction of sp³-hybridized carbons (Fsp3) is 0.222. The minimum atomic E-state index is -0.105. The largest absolute Gasteiger partial charge is 0.320 e. The number of halogens is 2. The van der Waals surface area contributed by atoms with Crippen LogP contribution in [-0.2, 0) is 7.05 Å². The van der Waals surface area contributed by atoms with Crippen molar-refractivity contribution in [3.05, 3.63) is 37.2 Å². The molecular weight excluding hydrogens is 342 g/mol. The third kappa shape index (κ3) is 2.33. The van der Waals surface area contributed by atoms with Crippen LogP contribution in [0.1, 0.15) is 16.5 Å². The Morgan fingerprint density at radius 3 is 2.73 bits per heavy atom. The maximum Gasteiger partial charge on any atom is 0.0843 e. The molecule has 2 N–H and O–H groups in total. The zero-order chi connectivity index (χ0) is 11.0. The molecule has 2 rings (SSSR count). The number of hydrogen-bond acceptors (Lipinski definition) is 3. The van der Waals surface area contributed by atoms with Crippen LogP contribution < -0.4 is 5.73 Å². The van der Waals surface area contributed by atoms with E-state index in [1.54, 1.807) is 22.2 Å². The zero-order valence-electron chi connectivity index (χ0n) is 7.95. The van der Waals surface area contributed by atoms with E-state index in [0.29, 0.717) is 0 Å². The number of rotatable bonds is 2. The Hall–Kier alpha value is -0.170. The minimum absolute atomic E-state index is 0.105. The molecule has 0 aliphatic heterocycles. The lowest BCUT2D eigenvalue weighted by Crippen LogP contribution is -2.09. The van der Waals surface area contributed by atoms with E-state index in [9.17, 15) is 0 Å². The van der Waals surface area contributed by atoms with Crippen molar-refractivity contribution in [2.24, 2.45) is 12.8 Å². The van der Waals surface area contributed by atoms with Crippen molar-refractivity contribution < 1.29 is 0 Å². The van der Waals surface area contributed by atoms with Crippen molar-refractivity contribution >= 4 is 43.2 Å². The summed E-state index contributed by atoms with van der Waals surface area (Å²) < 4.78 is 3.87. The van der Waals surface area contributed by atoms with Gasteiger partial charge in [-0.15, -0.1) is 11.3 Å². The predicted molar refractivity (Wildman–Crippen MR) is 69.0 cm³/mol. The summed E-state index contributed by atoms with van der Waals surface area (Å²) in [7, 11) is 1.89. The van der Waals surface area contributed by atoms with E-state index in [2.05, 4.69) is 37.0 Å². The maximum atomic E-state index is 6.13. The molecule has 0 fully saturated rings. The van der Waals surface area contributed by atoms with E-state index >= 15 is 0 Å². The Kier molecular flexibility index (Phi) is 3.30. The molecule has 0 aliphatic rings. The lowest BCUT2D eigenvalue weighted by atomic mass is 10.1. The molecule has 15 heavy (non-hydrogen) atoms.